The molecule has 5 heteroatoms. The number of likely N-dealkylation sites (tertiary alicyclic amines) is 1. The number of rotatable bonds is 8. The second-order valence-electron chi connectivity index (χ2n) is 5.48. The molecule has 1 fully saturated rings. The minimum atomic E-state index is 0.0531. The van der Waals surface area contributed by atoms with Crippen molar-refractivity contribution in [1.82, 2.24) is 19.8 Å². The molecule has 2 heterocycles. The Morgan fingerprint density at radius 3 is 3.00 bits per heavy atom. The number of imidazole rings is 1. The zero-order valence-corrected chi connectivity index (χ0v) is 12.4. The normalized spacial score (nSPS) is 19.6. The first-order chi connectivity index (χ1) is 9.81. The molecule has 0 aliphatic carbocycles. The molecule has 0 aromatic carbocycles. The molecule has 0 radical (unpaired) electrons. The molecule has 1 N–H and O–H groups in total. The number of carbonyl (C=O) groups excluding carboxylic acids is 1. The molecule has 0 spiro atoms. The number of nitrogens with one attached hydrogen (secondary N) is 1. The Hall–Kier alpha value is -1.36. The quantitative estimate of drug-likeness (QED) is 0.736. The molecule has 1 aliphatic heterocycles. The van der Waals surface area contributed by atoms with E-state index >= 15 is 0 Å². The van der Waals surface area contributed by atoms with Gasteiger partial charge in [0.1, 0.15) is 0 Å². The van der Waals surface area contributed by atoms with E-state index < -0.39 is 0 Å². The number of hydrogen-bond acceptors (Lipinski definition) is 3. The number of carbonyl (C=O) groups is 1. The highest BCUT2D eigenvalue weighted by molar-refractivity contribution is 5.82. The summed E-state index contributed by atoms with van der Waals surface area (Å²) in [5, 5.41) is 3.36. The average molecular weight is 278 g/mol. The van der Waals surface area contributed by atoms with E-state index in [1.54, 1.807) is 6.20 Å². The fourth-order valence-corrected chi connectivity index (χ4v) is 2.69. The van der Waals surface area contributed by atoms with Crippen molar-refractivity contribution in [3.05, 3.63) is 18.7 Å². The van der Waals surface area contributed by atoms with Gasteiger partial charge in [-0.2, -0.15) is 0 Å². The molecule has 1 aromatic rings. The summed E-state index contributed by atoms with van der Waals surface area (Å²) in [5.41, 5.74) is 0. The fourth-order valence-electron chi connectivity index (χ4n) is 2.69. The predicted molar refractivity (Wildman–Crippen MR) is 79.4 cm³/mol. The number of nitrogens with zero attached hydrogens (tertiary/aromatic N) is 3. The van der Waals surface area contributed by atoms with Crippen LogP contribution >= 0.6 is 0 Å². The number of unbranched alkanes of at least 4 members (excludes halogenated alkanes) is 1. The molecule has 5 nitrogen and oxygen atoms in total. The summed E-state index contributed by atoms with van der Waals surface area (Å²) in [6.07, 6.45) is 11.0. The highest BCUT2D eigenvalue weighted by Crippen LogP contribution is 2.13. The molecule has 1 atom stereocenters. The van der Waals surface area contributed by atoms with Crippen LogP contribution in [-0.2, 0) is 11.3 Å². The molecular formula is C15H26N4O. The third-order valence-electron chi connectivity index (χ3n) is 3.82. The molecule has 1 aliphatic rings. The Balaban J connectivity index is 1.67. The Morgan fingerprint density at radius 2 is 2.25 bits per heavy atom. The highest BCUT2D eigenvalue weighted by atomic mass is 16.2. The van der Waals surface area contributed by atoms with E-state index in [1.165, 1.54) is 0 Å². The van der Waals surface area contributed by atoms with Gasteiger partial charge in [-0.05, 0) is 38.6 Å². The molecule has 1 saturated heterocycles. The zero-order valence-electron chi connectivity index (χ0n) is 12.4. The number of amides is 1. The number of aromatic nitrogens is 2. The largest absolute Gasteiger partial charge is 0.341 e. The topological polar surface area (TPSA) is 50.2 Å². The average Bonchev–Trinajstić information content (AvgIpc) is 2.97. The molecule has 1 aromatic heterocycles. The third kappa shape index (κ3) is 4.34. The van der Waals surface area contributed by atoms with Crippen molar-refractivity contribution in [2.75, 3.05) is 19.6 Å². The molecule has 0 bridgehead atoms. The van der Waals surface area contributed by atoms with Crippen molar-refractivity contribution in [2.45, 2.75) is 51.6 Å². The van der Waals surface area contributed by atoms with Crippen LogP contribution in [0.3, 0.4) is 0 Å². The van der Waals surface area contributed by atoms with Crippen LogP contribution in [0, 0.1) is 0 Å². The van der Waals surface area contributed by atoms with Crippen LogP contribution in [0.4, 0.5) is 0 Å². The molecule has 1 unspecified atom stereocenters. The van der Waals surface area contributed by atoms with Crippen LogP contribution in [0.15, 0.2) is 18.7 Å². The van der Waals surface area contributed by atoms with E-state index in [0.717, 1.165) is 58.3 Å². The molecule has 112 valence electrons. The Kier molecular flexibility index (Phi) is 6.05. The van der Waals surface area contributed by atoms with Crippen molar-refractivity contribution < 1.29 is 4.79 Å². The minimum absolute atomic E-state index is 0.0531. The third-order valence-corrected chi connectivity index (χ3v) is 3.82. The lowest BCUT2D eigenvalue weighted by Crippen LogP contribution is -2.51. The second kappa shape index (κ2) is 8.04. The highest BCUT2D eigenvalue weighted by Gasteiger charge is 2.27. The first-order valence-corrected chi connectivity index (χ1v) is 7.79. The van der Waals surface area contributed by atoms with Gasteiger partial charge in [-0.3, -0.25) is 4.79 Å². The van der Waals surface area contributed by atoms with Crippen LogP contribution in [0.25, 0.3) is 0 Å². The van der Waals surface area contributed by atoms with Crippen LogP contribution in [0.2, 0.25) is 0 Å². The van der Waals surface area contributed by atoms with E-state index in [-0.39, 0.29) is 6.04 Å². The van der Waals surface area contributed by atoms with Gasteiger partial charge in [0.2, 0.25) is 5.91 Å². The maximum Gasteiger partial charge on any atom is 0.239 e. The SMILES string of the molecule is CCCNC1CCCN(CCCCn2ccnc2)C1=O. The summed E-state index contributed by atoms with van der Waals surface area (Å²) in [7, 11) is 0. The second-order valence-corrected chi connectivity index (χ2v) is 5.48. The Bertz CT molecular complexity index is 391. The molecule has 2 rings (SSSR count). The van der Waals surface area contributed by atoms with Gasteiger partial charge in [0.05, 0.1) is 12.4 Å². The van der Waals surface area contributed by atoms with Crippen LogP contribution in [0.5, 0.6) is 0 Å². The van der Waals surface area contributed by atoms with Crippen LogP contribution in [0.1, 0.15) is 39.0 Å². The van der Waals surface area contributed by atoms with Crippen molar-refractivity contribution in [2.24, 2.45) is 0 Å². The lowest BCUT2D eigenvalue weighted by atomic mass is 10.0. The standard InChI is InChI=1S/C15H26N4O/c1-2-7-17-14-6-5-11-19(15(14)20)10-4-3-9-18-12-8-16-13-18/h8,12-14,17H,2-7,9-11H2,1H3. The Morgan fingerprint density at radius 1 is 1.40 bits per heavy atom. The minimum Gasteiger partial charge on any atom is -0.341 e. The van der Waals surface area contributed by atoms with E-state index in [9.17, 15) is 4.79 Å². The number of hydrogen-bond donors (Lipinski definition) is 1. The predicted octanol–water partition coefficient (Wildman–Crippen LogP) is 1.65. The molecule has 20 heavy (non-hydrogen) atoms. The van der Waals surface area contributed by atoms with E-state index in [1.807, 2.05) is 17.4 Å². The monoisotopic (exact) mass is 278 g/mol. The van der Waals surface area contributed by atoms with Crippen molar-refractivity contribution in [3.8, 4) is 0 Å². The smallest absolute Gasteiger partial charge is 0.239 e. The lowest BCUT2D eigenvalue weighted by Gasteiger charge is -2.32. The van der Waals surface area contributed by atoms with Crippen molar-refractivity contribution in [1.29, 1.82) is 0 Å². The number of piperidine rings is 1. The van der Waals surface area contributed by atoms with E-state index in [2.05, 4.69) is 21.8 Å². The Labute approximate surface area is 121 Å². The fraction of sp³-hybridized carbons (Fsp3) is 0.733. The maximum atomic E-state index is 12.3. The summed E-state index contributed by atoms with van der Waals surface area (Å²) in [6, 6.07) is 0.0531. The summed E-state index contributed by atoms with van der Waals surface area (Å²) < 4.78 is 2.09. The van der Waals surface area contributed by atoms with Gasteiger partial charge in [-0.15, -0.1) is 0 Å². The van der Waals surface area contributed by atoms with Gasteiger partial charge in [0, 0.05) is 32.0 Å². The molecular weight excluding hydrogens is 252 g/mol. The summed E-state index contributed by atoms with van der Waals surface area (Å²) in [4.78, 5) is 18.4. The van der Waals surface area contributed by atoms with Crippen molar-refractivity contribution >= 4 is 5.91 Å². The van der Waals surface area contributed by atoms with Gasteiger partial charge in [0.25, 0.3) is 0 Å². The van der Waals surface area contributed by atoms with Gasteiger partial charge >= 0.3 is 0 Å². The first-order valence-electron chi connectivity index (χ1n) is 7.79. The summed E-state index contributed by atoms with van der Waals surface area (Å²) >= 11 is 0. The van der Waals surface area contributed by atoms with Crippen molar-refractivity contribution in [3.63, 3.8) is 0 Å². The van der Waals surface area contributed by atoms with Gasteiger partial charge < -0.3 is 14.8 Å². The molecule has 1 amide bonds. The maximum absolute atomic E-state index is 12.3. The van der Waals surface area contributed by atoms with E-state index in [4.69, 9.17) is 0 Å². The lowest BCUT2D eigenvalue weighted by molar-refractivity contribution is -0.136. The van der Waals surface area contributed by atoms with Crippen LogP contribution < -0.4 is 5.32 Å². The molecule has 0 saturated carbocycles. The zero-order chi connectivity index (χ0) is 14.2. The van der Waals surface area contributed by atoms with Gasteiger partial charge in [-0.25, -0.2) is 4.98 Å². The van der Waals surface area contributed by atoms with Gasteiger partial charge in [-0.1, -0.05) is 6.92 Å². The summed E-state index contributed by atoms with van der Waals surface area (Å²) in [6.45, 7) is 5.87. The van der Waals surface area contributed by atoms with Crippen LogP contribution in [-0.4, -0.2) is 46.0 Å². The van der Waals surface area contributed by atoms with Gasteiger partial charge in [0.15, 0.2) is 0 Å². The van der Waals surface area contributed by atoms with E-state index in [0.29, 0.717) is 5.91 Å². The first kappa shape index (κ1) is 15.0. The summed E-state index contributed by atoms with van der Waals surface area (Å²) in [5.74, 6) is 0.298. The number of aryl methyl sites for hydroxylation is 1.